The van der Waals surface area contributed by atoms with Gasteiger partial charge in [0.25, 0.3) is 0 Å². The first-order chi connectivity index (χ1) is 12.8. The zero-order valence-corrected chi connectivity index (χ0v) is 15.9. The summed E-state index contributed by atoms with van der Waals surface area (Å²) >= 11 is 0. The van der Waals surface area contributed by atoms with Crippen LogP contribution in [0.1, 0.15) is 44.0 Å². The number of nitrogens with zero attached hydrogens (tertiary/aromatic N) is 4. The van der Waals surface area contributed by atoms with Crippen molar-refractivity contribution in [2.45, 2.75) is 46.3 Å². The molecule has 1 amide bonds. The Balaban J connectivity index is 1.68. The summed E-state index contributed by atoms with van der Waals surface area (Å²) in [5.74, 6) is 0.373. The maximum atomic E-state index is 13.9. The minimum absolute atomic E-state index is 0.0260. The normalized spacial score (nSPS) is 16.1. The molecule has 0 saturated heterocycles. The predicted molar refractivity (Wildman–Crippen MR) is 96.8 cm³/mol. The van der Waals surface area contributed by atoms with E-state index in [4.69, 9.17) is 0 Å². The van der Waals surface area contributed by atoms with Crippen molar-refractivity contribution < 1.29 is 13.6 Å². The van der Waals surface area contributed by atoms with Gasteiger partial charge in [0.05, 0.1) is 6.04 Å². The third kappa shape index (κ3) is 4.50. The van der Waals surface area contributed by atoms with Crippen LogP contribution in [0.2, 0.25) is 0 Å². The van der Waals surface area contributed by atoms with Crippen LogP contribution < -0.4 is 5.32 Å². The van der Waals surface area contributed by atoms with Crippen molar-refractivity contribution in [1.29, 1.82) is 0 Å². The van der Waals surface area contributed by atoms with Crippen molar-refractivity contribution >= 4 is 5.91 Å². The Morgan fingerprint density at radius 3 is 2.67 bits per heavy atom. The van der Waals surface area contributed by atoms with Crippen LogP contribution >= 0.6 is 0 Å². The Labute approximate surface area is 157 Å². The zero-order chi connectivity index (χ0) is 19.6. The number of aromatic nitrogens is 3. The fourth-order valence-electron chi connectivity index (χ4n) is 3.20. The lowest BCUT2D eigenvalue weighted by Gasteiger charge is -2.20. The highest BCUT2D eigenvalue weighted by Crippen LogP contribution is 2.18. The van der Waals surface area contributed by atoms with E-state index < -0.39 is 11.6 Å². The number of amides is 1. The highest BCUT2D eigenvalue weighted by atomic mass is 19.1. The number of fused-ring (bicyclic) bond motifs is 1. The number of hydrogen-bond acceptors (Lipinski definition) is 4. The predicted octanol–water partition coefficient (Wildman–Crippen LogP) is 2.45. The van der Waals surface area contributed by atoms with E-state index in [0.717, 1.165) is 17.7 Å². The highest BCUT2D eigenvalue weighted by Gasteiger charge is 2.23. The number of hydrogen-bond donors (Lipinski definition) is 1. The highest BCUT2D eigenvalue weighted by molar-refractivity contribution is 5.78. The fraction of sp³-hybridized carbons (Fsp3) is 0.526. The van der Waals surface area contributed by atoms with Crippen LogP contribution in [0.3, 0.4) is 0 Å². The monoisotopic (exact) mass is 377 g/mol. The van der Waals surface area contributed by atoms with Gasteiger partial charge in [-0.25, -0.2) is 8.78 Å². The molecular weight excluding hydrogens is 352 g/mol. The van der Waals surface area contributed by atoms with Gasteiger partial charge in [-0.3, -0.25) is 9.69 Å². The standard InChI is InChI=1S/C19H25F2N5O/c1-12(2)19(27)22-13(3)18-24-23-17-6-7-25(8-9-26(17)18)11-14-4-5-15(20)10-16(14)21/h4-5,10,12-13H,6-9,11H2,1-3H3,(H,22,27). The number of nitrogens with one attached hydrogen (secondary N) is 1. The lowest BCUT2D eigenvalue weighted by molar-refractivity contribution is -0.124. The molecule has 27 heavy (non-hydrogen) atoms. The molecule has 0 bridgehead atoms. The molecule has 0 radical (unpaired) electrons. The molecule has 1 unspecified atom stereocenters. The first-order valence-electron chi connectivity index (χ1n) is 9.23. The van der Waals surface area contributed by atoms with Crippen LogP contribution in [-0.4, -0.2) is 38.7 Å². The van der Waals surface area contributed by atoms with Gasteiger partial charge in [0.1, 0.15) is 17.5 Å². The molecular formula is C19H25F2N5O. The first kappa shape index (κ1) is 19.4. The van der Waals surface area contributed by atoms with Gasteiger partial charge in [-0.05, 0) is 13.0 Å². The Hall–Kier alpha value is -2.35. The number of halogens is 2. The SMILES string of the molecule is CC(C)C(=O)NC(C)c1nnc2n1CCN(Cc1ccc(F)cc1F)CC2. The average molecular weight is 377 g/mol. The second kappa shape index (κ2) is 8.12. The lowest BCUT2D eigenvalue weighted by Crippen LogP contribution is -2.32. The number of carbonyl (C=O) groups excluding carboxylic acids is 1. The number of carbonyl (C=O) groups is 1. The zero-order valence-electron chi connectivity index (χ0n) is 15.9. The van der Waals surface area contributed by atoms with Crippen LogP contribution in [0.15, 0.2) is 18.2 Å². The van der Waals surface area contributed by atoms with Crippen LogP contribution in [0.4, 0.5) is 8.78 Å². The molecule has 3 rings (SSSR count). The molecule has 8 heteroatoms. The van der Waals surface area contributed by atoms with E-state index >= 15 is 0 Å². The molecule has 2 aromatic rings. The van der Waals surface area contributed by atoms with E-state index in [-0.39, 0.29) is 17.9 Å². The molecule has 6 nitrogen and oxygen atoms in total. The summed E-state index contributed by atoms with van der Waals surface area (Å²) in [6, 6.07) is 3.45. The van der Waals surface area contributed by atoms with Crippen molar-refractivity contribution in [3.8, 4) is 0 Å². The third-order valence-corrected chi connectivity index (χ3v) is 4.83. The number of rotatable bonds is 5. The summed E-state index contributed by atoms with van der Waals surface area (Å²) in [7, 11) is 0. The van der Waals surface area contributed by atoms with Crippen LogP contribution in [0.5, 0.6) is 0 Å². The Morgan fingerprint density at radius 2 is 1.96 bits per heavy atom. The van der Waals surface area contributed by atoms with Gasteiger partial charge in [-0.2, -0.15) is 0 Å². The van der Waals surface area contributed by atoms with Crippen LogP contribution in [0, 0.1) is 17.6 Å². The van der Waals surface area contributed by atoms with Crippen molar-refractivity contribution in [2.75, 3.05) is 13.1 Å². The van der Waals surface area contributed by atoms with E-state index in [1.165, 1.54) is 12.1 Å². The minimum Gasteiger partial charge on any atom is -0.346 e. The molecule has 1 aromatic heterocycles. The summed E-state index contributed by atoms with van der Waals surface area (Å²) in [6.07, 6.45) is 0.681. The van der Waals surface area contributed by atoms with E-state index in [0.29, 0.717) is 38.2 Å². The van der Waals surface area contributed by atoms with Crippen molar-refractivity contribution in [3.05, 3.63) is 47.0 Å². The molecule has 0 fully saturated rings. The Kier molecular flexibility index (Phi) is 5.84. The van der Waals surface area contributed by atoms with E-state index in [1.54, 1.807) is 0 Å². The van der Waals surface area contributed by atoms with Gasteiger partial charge in [-0.15, -0.1) is 10.2 Å². The molecule has 2 heterocycles. The van der Waals surface area contributed by atoms with E-state index in [9.17, 15) is 13.6 Å². The maximum Gasteiger partial charge on any atom is 0.223 e. The van der Waals surface area contributed by atoms with Gasteiger partial charge >= 0.3 is 0 Å². The van der Waals surface area contributed by atoms with Crippen molar-refractivity contribution in [1.82, 2.24) is 25.0 Å². The summed E-state index contributed by atoms with van der Waals surface area (Å²) in [5.41, 5.74) is 0.479. The van der Waals surface area contributed by atoms with Gasteiger partial charge < -0.3 is 9.88 Å². The summed E-state index contributed by atoms with van der Waals surface area (Å²) < 4.78 is 29.1. The van der Waals surface area contributed by atoms with Crippen molar-refractivity contribution in [3.63, 3.8) is 0 Å². The first-order valence-corrected chi connectivity index (χ1v) is 9.23. The molecule has 0 saturated carbocycles. The lowest BCUT2D eigenvalue weighted by atomic mass is 10.2. The van der Waals surface area contributed by atoms with Crippen LogP contribution in [0.25, 0.3) is 0 Å². The molecule has 1 aliphatic rings. The van der Waals surface area contributed by atoms with E-state index in [1.807, 2.05) is 25.3 Å². The molecule has 1 N–H and O–H groups in total. The van der Waals surface area contributed by atoms with Crippen molar-refractivity contribution in [2.24, 2.45) is 5.92 Å². The second-order valence-corrected chi connectivity index (χ2v) is 7.27. The Bertz CT molecular complexity index is 820. The summed E-state index contributed by atoms with van der Waals surface area (Å²) in [5, 5.41) is 11.5. The molecule has 146 valence electrons. The van der Waals surface area contributed by atoms with Gasteiger partial charge in [0.2, 0.25) is 5.91 Å². The van der Waals surface area contributed by atoms with Gasteiger partial charge in [0, 0.05) is 50.1 Å². The molecule has 0 aliphatic carbocycles. The second-order valence-electron chi connectivity index (χ2n) is 7.27. The van der Waals surface area contributed by atoms with Crippen LogP contribution in [-0.2, 0) is 24.3 Å². The Morgan fingerprint density at radius 1 is 1.19 bits per heavy atom. The molecule has 1 aliphatic heterocycles. The average Bonchev–Trinajstić information content (AvgIpc) is 2.92. The topological polar surface area (TPSA) is 63.1 Å². The maximum absolute atomic E-state index is 13.9. The third-order valence-electron chi connectivity index (χ3n) is 4.83. The van der Waals surface area contributed by atoms with Gasteiger partial charge in [0.15, 0.2) is 5.82 Å². The quantitative estimate of drug-likeness (QED) is 0.869. The largest absolute Gasteiger partial charge is 0.346 e. The van der Waals surface area contributed by atoms with Gasteiger partial charge in [-0.1, -0.05) is 19.9 Å². The molecule has 1 atom stereocenters. The summed E-state index contributed by atoms with van der Waals surface area (Å²) in [6.45, 7) is 8.06. The summed E-state index contributed by atoms with van der Waals surface area (Å²) in [4.78, 5) is 14.1. The van der Waals surface area contributed by atoms with E-state index in [2.05, 4.69) is 20.4 Å². The molecule has 1 aromatic carbocycles. The molecule has 0 spiro atoms. The number of benzene rings is 1. The fourth-order valence-corrected chi connectivity index (χ4v) is 3.20. The minimum atomic E-state index is -0.569. The smallest absolute Gasteiger partial charge is 0.223 e.